The van der Waals surface area contributed by atoms with Gasteiger partial charge in [0.15, 0.2) is 0 Å². The van der Waals surface area contributed by atoms with Gasteiger partial charge in [-0.15, -0.1) is 0 Å². The molecule has 0 atom stereocenters. The molecule has 0 saturated heterocycles. The molecule has 1 N–H and O–H groups in total. The van der Waals surface area contributed by atoms with Gasteiger partial charge in [0.05, 0.1) is 6.61 Å². The fourth-order valence-corrected chi connectivity index (χ4v) is 1.44. The Hall–Kier alpha value is -1.71. The zero-order valence-corrected chi connectivity index (χ0v) is 10.2. The highest BCUT2D eigenvalue weighted by molar-refractivity contribution is 5.91. The first-order valence-corrected chi connectivity index (χ1v) is 5.29. The van der Waals surface area contributed by atoms with Gasteiger partial charge in [0.2, 0.25) is 0 Å². The van der Waals surface area contributed by atoms with E-state index in [0.717, 1.165) is 17.0 Å². The molecule has 0 aliphatic carbocycles. The summed E-state index contributed by atoms with van der Waals surface area (Å²) in [5.74, 6) is 0.858. The number of aryl methyl sites for hydroxylation is 1. The van der Waals surface area contributed by atoms with E-state index in [2.05, 4.69) is 5.32 Å². The minimum Gasteiger partial charge on any atom is -0.494 e. The first-order chi connectivity index (χ1) is 7.60. The molecule has 1 rings (SSSR count). The van der Waals surface area contributed by atoms with E-state index in [-0.39, 0.29) is 6.03 Å². The van der Waals surface area contributed by atoms with Crippen molar-refractivity contribution in [2.75, 3.05) is 25.6 Å². The van der Waals surface area contributed by atoms with Crippen LogP contribution in [0.1, 0.15) is 12.5 Å². The maximum atomic E-state index is 11.4. The molecule has 0 radical (unpaired) electrons. The van der Waals surface area contributed by atoms with Crippen LogP contribution < -0.4 is 15.0 Å². The number of amides is 2. The van der Waals surface area contributed by atoms with Crippen molar-refractivity contribution >= 4 is 11.7 Å². The number of hydrogen-bond donors (Lipinski definition) is 1. The molecule has 0 bridgehead atoms. The topological polar surface area (TPSA) is 41.6 Å². The van der Waals surface area contributed by atoms with Gasteiger partial charge < -0.3 is 10.1 Å². The fraction of sp³-hybridized carbons (Fsp3) is 0.417. The van der Waals surface area contributed by atoms with E-state index < -0.39 is 0 Å². The zero-order chi connectivity index (χ0) is 12.1. The highest BCUT2D eigenvalue weighted by Gasteiger charge is 2.09. The molecule has 0 aromatic heterocycles. The van der Waals surface area contributed by atoms with E-state index in [1.807, 2.05) is 32.0 Å². The van der Waals surface area contributed by atoms with Crippen molar-refractivity contribution < 1.29 is 9.53 Å². The van der Waals surface area contributed by atoms with E-state index in [9.17, 15) is 4.79 Å². The van der Waals surface area contributed by atoms with E-state index in [0.29, 0.717) is 6.61 Å². The van der Waals surface area contributed by atoms with Crippen molar-refractivity contribution in [3.63, 3.8) is 0 Å². The maximum absolute atomic E-state index is 11.4. The summed E-state index contributed by atoms with van der Waals surface area (Å²) in [6.45, 7) is 4.56. The lowest BCUT2D eigenvalue weighted by molar-refractivity contribution is 0.249. The van der Waals surface area contributed by atoms with Gasteiger partial charge in [0.25, 0.3) is 0 Å². The van der Waals surface area contributed by atoms with Crippen LogP contribution in [0.15, 0.2) is 18.2 Å². The number of benzene rings is 1. The SMILES string of the molecule is CCOc1ccc(N(C)C(=O)NC)cc1C. The Bertz CT molecular complexity index is 377. The molecule has 0 unspecified atom stereocenters. The predicted molar refractivity (Wildman–Crippen MR) is 65.2 cm³/mol. The van der Waals surface area contributed by atoms with Gasteiger partial charge in [-0.1, -0.05) is 0 Å². The molecule has 0 spiro atoms. The van der Waals surface area contributed by atoms with Crippen LogP contribution in [-0.4, -0.2) is 26.7 Å². The summed E-state index contributed by atoms with van der Waals surface area (Å²) in [4.78, 5) is 13.0. The molecule has 0 saturated carbocycles. The minimum absolute atomic E-state index is 0.136. The molecule has 2 amide bonds. The molecule has 0 aliphatic rings. The second-order valence-electron chi connectivity index (χ2n) is 3.50. The first kappa shape index (κ1) is 12.4. The van der Waals surface area contributed by atoms with Gasteiger partial charge in [0, 0.05) is 19.8 Å². The average Bonchev–Trinajstić information content (AvgIpc) is 2.30. The maximum Gasteiger partial charge on any atom is 0.321 e. The van der Waals surface area contributed by atoms with E-state index >= 15 is 0 Å². The van der Waals surface area contributed by atoms with Crippen molar-refractivity contribution in [1.82, 2.24) is 5.32 Å². The first-order valence-electron chi connectivity index (χ1n) is 5.29. The van der Waals surface area contributed by atoms with E-state index in [4.69, 9.17) is 4.74 Å². The molecular weight excluding hydrogens is 204 g/mol. The largest absolute Gasteiger partial charge is 0.494 e. The van der Waals surface area contributed by atoms with Crippen LogP contribution in [0.5, 0.6) is 5.75 Å². The Morgan fingerprint density at radius 3 is 2.69 bits per heavy atom. The number of carbonyl (C=O) groups is 1. The molecule has 1 aromatic rings. The lowest BCUT2D eigenvalue weighted by Gasteiger charge is -2.18. The second-order valence-corrected chi connectivity index (χ2v) is 3.50. The van der Waals surface area contributed by atoms with Gasteiger partial charge in [-0.2, -0.15) is 0 Å². The molecule has 0 fully saturated rings. The van der Waals surface area contributed by atoms with Crippen LogP contribution in [-0.2, 0) is 0 Å². The smallest absolute Gasteiger partial charge is 0.321 e. The van der Waals surface area contributed by atoms with Gasteiger partial charge in [-0.25, -0.2) is 4.79 Å². The number of nitrogens with one attached hydrogen (secondary N) is 1. The molecule has 4 nitrogen and oxygen atoms in total. The quantitative estimate of drug-likeness (QED) is 0.851. The van der Waals surface area contributed by atoms with Crippen LogP contribution in [0.25, 0.3) is 0 Å². The summed E-state index contributed by atoms with van der Waals surface area (Å²) in [5, 5.41) is 2.58. The van der Waals surface area contributed by atoms with E-state index in [1.165, 1.54) is 0 Å². The summed E-state index contributed by atoms with van der Waals surface area (Å²) < 4.78 is 5.44. The monoisotopic (exact) mass is 222 g/mol. The molecule has 16 heavy (non-hydrogen) atoms. The minimum atomic E-state index is -0.136. The van der Waals surface area contributed by atoms with Gasteiger partial charge >= 0.3 is 6.03 Å². The molecule has 1 aromatic carbocycles. The third-order valence-electron chi connectivity index (χ3n) is 2.36. The van der Waals surface area contributed by atoms with E-state index in [1.54, 1.807) is 19.0 Å². The zero-order valence-electron chi connectivity index (χ0n) is 10.2. The molecule has 88 valence electrons. The molecule has 0 aliphatic heterocycles. The van der Waals surface area contributed by atoms with Gasteiger partial charge in [0.1, 0.15) is 5.75 Å². The molecule has 4 heteroatoms. The van der Waals surface area contributed by atoms with Crippen molar-refractivity contribution in [2.24, 2.45) is 0 Å². The normalized spacial score (nSPS) is 9.75. The Morgan fingerprint density at radius 2 is 2.19 bits per heavy atom. The van der Waals surface area contributed by atoms with Crippen LogP contribution in [0.3, 0.4) is 0 Å². The van der Waals surface area contributed by atoms with Crippen molar-refractivity contribution in [3.05, 3.63) is 23.8 Å². The van der Waals surface area contributed by atoms with Crippen LogP contribution >= 0.6 is 0 Å². The number of ether oxygens (including phenoxy) is 1. The third kappa shape index (κ3) is 2.66. The summed E-state index contributed by atoms with van der Waals surface area (Å²) in [7, 11) is 3.34. The highest BCUT2D eigenvalue weighted by atomic mass is 16.5. The third-order valence-corrected chi connectivity index (χ3v) is 2.36. The van der Waals surface area contributed by atoms with Crippen molar-refractivity contribution in [3.8, 4) is 5.75 Å². The second kappa shape index (κ2) is 5.39. The average molecular weight is 222 g/mol. The Kier molecular flexibility index (Phi) is 4.17. The van der Waals surface area contributed by atoms with Crippen molar-refractivity contribution in [2.45, 2.75) is 13.8 Å². The summed E-state index contributed by atoms with van der Waals surface area (Å²) in [5.41, 5.74) is 1.87. The van der Waals surface area contributed by atoms with Crippen LogP contribution in [0.2, 0.25) is 0 Å². The summed E-state index contributed by atoms with van der Waals surface area (Å²) in [6, 6.07) is 5.55. The van der Waals surface area contributed by atoms with Crippen LogP contribution in [0, 0.1) is 6.92 Å². The van der Waals surface area contributed by atoms with Crippen molar-refractivity contribution in [1.29, 1.82) is 0 Å². The Morgan fingerprint density at radius 1 is 1.50 bits per heavy atom. The van der Waals surface area contributed by atoms with Crippen LogP contribution in [0.4, 0.5) is 10.5 Å². The number of urea groups is 1. The molecule has 0 heterocycles. The van der Waals surface area contributed by atoms with Gasteiger partial charge in [-0.05, 0) is 37.6 Å². The predicted octanol–water partition coefficient (Wildman–Crippen LogP) is 2.17. The lowest BCUT2D eigenvalue weighted by Crippen LogP contribution is -2.34. The summed E-state index contributed by atoms with van der Waals surface area (Å²) in [6.07, 6.45) is 0. The standard InChI is InChI=1S/C12H18N2O2/c1-5-16-11-7-6-10(8-9(11)2)14(4)12(15)13-3/h6-8H,5H2,1-4H3,(H,13,15). The number of rotatable bonds is 3. The Balaban J connectivity index is 2.92. The lowest BCUT2D eigenvalue weighted by atomic mass is 10.2. The molecular formula is C12H18N2O2. The number of anilines is 1. The Labute approximate surface area is 96.2 Å². The fourth-order valence-electron chi connectivity index (χ4n) is 1.44. The number of nitrogens with zero attached hydrogens (tertiary/aromatic N) is 1. The van der Waals surface area contributed by atoms with Gasteiger partial charge in [-0.3, -0.25) is 4.90 Å². The highest BCUT2D eigenvalue weighted by Crippen LogP contribution is 2.23. The number of hydrogen-bond acceptors (Lipinski definition) is 2. The number of carbonyl (C=O) groups excluding carboxylic acids is 1. The summed E-state index contributed by atoms with van der Waals surface area (Å²) >= 11 is 0.